The van der Waals surface area contributed by atoms with Crippen molar-refractivity contribution in [3.8, 4) is 17.6 Å². The van der Waals surface area contributed by atoms with E-state index in [4.69, 9.17) is 4.74 Å². The van der Waals surface area contributed by atoms with E-state index in [0.29, 0.717) is 47.0 Å². The van der Waals surface area contributed by atoms with Crippen LogP contribution in [-0.4, -0.2) is 75.2 Å². The molecule has 37 heavy (non-hydrogen) atoms. The lowest BCUT2D eigenvalue weighted by Crippen LogP contribution is -2.46. The van der Waals surface area contributed by atoms with Crippen LogP contribution in [0, 0.1) is 17.7 Å². The molecule has 2 N–H and O–H groups in total. The molecule has 2 aromatic heterocycles. The smallest absolute Gasteiger partial charge is 0.175 e. The third kappa shape index (κ3) is 5.87. The number of methoxy groups -OCH3 is 1. The second-order valence-corrected chi connectivity index (χ2v) is 10.9. The Balaban J connectivity index is 1.57. The Morgan fingerprint density at radius 2 is 2.11 bits per heavy atom. The monoisotopic (exact) mass is 529 g/mol. The van der Waals surface area contributed by atoms with Gasteiger partial charge in [0.1, 0.15) is 29.3 Å². The average molecular weight is 530 g/mol. The molecule has 3 heterocycles. The summed E-state index contributed by atoms with van der Waals surface area (Å²) in [6.45, 7) is 5.07. The highest BCUT2D eigenvalue weighted by Crippen LogP contribution is 2.28. The van der Waals surface area contributed by atoms with Crippen LogP contribution in [0.2, 0.25) is 0 Å². The van der Waals surface area contributed by atoms with E-state index in [2.05, 4.69) is 34.2 Å². The summed E-state index contributed by atoms with van der Waals surface area (Å²) in [5, 5.41) is 10.8. The van der Waals surface area contributed by atoms with Gasteiger partial charge in [-0.3, -0.25) is 0 Å². The van der Waals surface area contributed by atoms with Crippen LogP contribution >= 0.6 is 0 Å². The second-order valence-electron chi connectivity index (χ2n) is 8.93. The summed E-state index contributed by atoms with van der Waals surface area (Å²) in [6, 6.07) is 6.72. The third-order valence-corrected chi connectivity index (χ3v) is 7.30. The molecule has 0 amide bonds. The number of halogens is 2. The largest absolute Gasteiger partial charge is 0.495 e. The molecule has 1 aliphatic rings. The number of benzene rings is 1. The van der Waals surface area contributed by atoms with Gasteiger partial charge in [0, 0.05) is 43.1 Å². The summed E-state index contributed by atoms with van der Waals surface area (Å²) in [4.78, 5) is 2.07. The van der Waals surface area contributed by atoms with Crippen molar-refractivity contribution >= 4 is 32.9 Å². The minimum Gasteiger partial charge on any atom is -0.495 e. The topological polar surface area (TPSA) is 88.0 Å². The first-order valence-corrected chi connectivity index (χ1v) is 13.5. The lowest BCUT2D eigenvalue weighted by atomic mass is 10.0. The van der Waals surface area contributed by atoms with Gasteiger partial charge >= 0.3 is 0 Å². The number of pyridine rings is 1. The van der Waals surface area contributed by atoms with E-state index in [0.717, 1.165) is 12.8 Å². The molecule has 196 valence electrons. The van der Waals surface area contributed by atoms with Gasteiger partial charge in [-0.1, -0.05) is 18.6 Å². The molecule has 2 atom stereocenters. The Morgan fingerprint density at radius 3 is 2.78 bits per heavy atom. The molecule has 0 radical (unpaired) electrons. The molecule has 11 heteroatoms. The van der Waals surface area contributed by atoms with Crippen LogP contribution in [0.3, 0.4) is 0 Å². The van der Waals surface area contributed by atoms with Crippen LogP contribution < -0.4 is 15.4 Å². The molecule has 1 aromatic carbocycles. The van der Waals surface area contributed by atoms with Crippen molar-refractivity contribution in [1.82, 2.24) is 14.5 Å². The standard InChI is InChI=1S/C26H29F2N5O3S/c1-5-19-21(7-6-11-29-23-9-8-18(37(4,34)35)15-25(23)36-3)31-33-24(19)13-17(27)14-26(33)30-22-10-12-32(2)16-20(22)28/h5,8-9,13-15,20,22,29-30H,1,10-12,16H2,2-4H3/t20-,22+/m0/s1. The molecular weight excluding hydrogens is 500 g/mol. The van der Waals surface area contributed by atoms with E-state index in [9.17, 15) is 17.2 Å². The predicted molar refractivity (Wildman–Crippen MR) is 141 cm³/mol. The van der Waals surface area contributed by atoms with E-state index >= 15 is 0 Å². The number of fused-ring (bicyclic) bond motifs is 1. The molecular formula is C26H29F2N5O3S. The number of sulfone groups is 1. The van der Waals surface area contributed by atoms with Crippen molar-refractivity contribution in [1.29, 1.82) is 0 Å². The number of piperidine rings is 1. The summed E-state index contributed by atoms with van der Waals surface area (Å²) >= 11 is 0. The Hall–Kier alpha value is -3.62. The van der Waals surface area contributed by atoms with E-state index in [1.165, 1.54) is 35.9 Å². The second kappa shape index (κ2) is 10.8. The minimum atomic E-state index is -3.37. The SMILES string of the molecule is C=Cc1c(C#CCNc2ccc(S(C)(=O)=O)cc2OC)nn2c(N[C@@H]3CCN(C)C[C@@H]3F)cc(F)cc12. The maximum absolute atomic E-state index is 14.6. The Labute approximate surface area is 215 Å². The van der Waals surface area contributed by atoms with E-state index in [-0.39, 0.29) is 11.4 Å². The van der Waals surface area contributed by atoms with Crippen molar-refractivity contribution in [3.63, 3.8) is 0 Å². The van der Waals surface area contributed by atoms with Gasteiger partial charge in [-0.05, 0) is 31.5 Å². The van der Waals surface area contributed by atoms with Gasteiger partial charge in [0.05, 0.1) is 35.8 Å². The maximum Gasteiger partial charge on any atom is 0.175 e. The van der Waals surface area contributed by atoms with Gasteiger partial charge in [0.2, 0.25) is 0 Å². The van der Waals surface area contributed by atoms with Crippen LogP contribution in [0.25, 0.3) is 11.6 Å². The molecule has 3 aromatic rings. The number of likely N-dealkylation sites (tertiary alicyclic amines) is 1. The molecule has 1 saturated heterocycles. The number of rotatable bonds is 7. The first-order chi connectivity index (χ1) is 17.6. The van der Waals surface area contributed by atoms with Crippen LogP contribution in [0.4, 0.5) is 20.3 Å². The number of nitrogens with one attached hydrogen (secondary N) is 2. The average Bonchev–Trinajstić information content (AvgIpc) is 3.20. The van der Waals surface area contributed by atoms with Crippen molar-refractivity contribution < 1.29 is 21.9 Å². The summed E-state index contributed by atoms with van der Waals surface area (Å²) in [6.07, 6.45) is 2.17. The quantitative estimate of drug-likeness (QED) is 0.454. The summed E-state index contributed by atoms with van der Waals surface area (Å²) in [7, 11) is -0.0464. The highest BCUT2D eigenvalue weighted by Gasteiger charge is 2.28. The molecule has 0 bridgehead atoms. The molecule has 1 fully saturated rings. The number of hydrogen-bond acceptors (Lipinski definition) is 7. The van der Waals surface area contributed by atoms with Crippen molar-refractivity contribution in [2.45, 2.75) is 23.5 Å². The Bertz CT molecular complexity index is 1490. The molecule has 0 unspecified atom stereocenters. The van der Waals surface area contributed by atoms with E-state index < -0.39 is 27.9 Å². The van der Waals surface area contributed by atoms with Crippen molar-refractivity contribution in [3.05, 3.63) is 54.0 Å². The van der Waals surface area contributed by atoms with E-state index in [1.54, 1.807) is 12.1 Å². The van der Waals surface area contributed by atoms with Gasteiger partial charge in [-0.2, -0.15) is 5.10 Å². The molecule has 4 rings (SSSR count). The van der Waals surface area contributed by atoms with E-state index in [1.807, 2.05) is 11.9 Å². The molecule has 1 aliphatic heterocycles. The number of nitrogens with zero attached hydrogens (tertiary/aromatic N) is 3. The van der Waals surface area contributed by atoms with Gasteiger partial charge in [-0.25, -0.2) is 21.7 Å². The highest BCUT2D eigenvalue weighted by atomic mass is 32.2. The number of aromatic nitrogens is 2. The summed E-state index contributed by atoms with van der Waals surface area (Å²) in [5.41, 5.74) is 2.00. The van der Waals surface area contributed by atoms with Crippen LogP contribution in [0.5, 0.6) is 5.75 Å². The first kappa shape index (κ1) is 26.4. The first-order valence-electron chi connectivity index (χ1n) is 11.7. The van der Waals surface area contributed by atoms with Gasteiger partial charge in [0.25, 0.3) is 0 Å². The fourth-order valence-electron chi connectivity index (χ4n) is 4.25. The van der Waals surface area contributed by atoms with Crippen molar-refractivity contribution in [2.24, 2.45) is 0 Å². The highest BCUT2D eigenvalue weighted by molar-refractivity contribution is 7.90. The fourth-order valence-corrected chi connectivity index (χ4v) is 4.89. The number of ether oxygens (including phenoxy) is 1. The number of hydrogen-bond donors (Lipinski definition) is 2. The van der Waals surface area contributed by atoms with Gasteiger partial charge in [0.15, 0.2) is 9.84 Å². The van der Waals surface area contributed by atoms with Crippen molar-refractivity contribution in [2.75, 3.05) is 50.7 Å². The fraction of sp³-hybridized carbons (Fsp3) is 0.346. The number of alkyl halides is 1. The Kier molecular flexibility index (Phi) is 7.71. The lowest BCUT2D eigenvalue weighted by Gasteiger charge is -2.33. The molecule has 0 aliphatic carbocycles. The summed E-state index contributed by atoms with van der Waals surface area (Å²) in [5.74, 6) is 6.19. The zero-order valence-electron chi connectivity index (χ0n) is 20.9. The number of anilines is 2. The summed E-state index contributed by atoms with van der Waals surface area (Å²) < 4.78 is 59.5. The minimum absolute atomic E-state index is 0.150. The van der Waals surface area contributed by atoms with Crippen LogP contribution in [0.1, 0.15) is 17.7 Å². The molecule has 8 nitrogen and oxygen atoms in total. The zero-order chi connectivity index (χ0) is 26.7. The van der Waals surface area contributed by atoms with Gasteiger partial charge in [-0.15, -0.1) is 0 Å². The lowest BCUT2D eigenvalue weighted by molar-refractivity contribution is 0.149. The predicted octanol–water partition coefficient (Wildman–Crippen LogP) is 3.45. The normalized spacial score (nSPS) is 18.2. The third-order valence-electron chi connectivity index (χ3n) is 6.19. The Morgan fingerprint density at radius 1 is 1.32 bits per heavy atom. The molecule has 0 saturated carbocycles. The maximum atomic E-state index is 14.6. The van der Waals surface area contributed by atoms with Crippen LogP contribution in [-0.2, 0) is 9.84 Å². The molecule has 0 spiro atoms. The van der Waals surface area contributed by atoms with Crippen LogP contribution in [0.15, 0.2) is 41.8 Å². The zero-order valence-corrected chi connectivity index (χ0v) is 21.7. The van der Waals surface area contributed by atoms with Gasteiger partial charge < -0.3 is 20.3 Å².